The van der Waals surface area contributed by atoms with Crippen LogP contribution in [0.15, 0.2) is 29.3 Å². The molecule has 1 rings (SSSR count). The number of nitrogens with one attached hydrogen (secondary N) is 3. The third kappa shape index (κ3) is 7.30. The Morgan fingerprint density at radius 3 is 2.22 bits per heavy atom. The maximum absolute atomic E-state index is 11.8. The van der Waals surface area contributed by atoms with E-state index in [0.717, 1.165) is 5.56 Å². The number of aliphatic imine (C=N–C) groups is 1. The van der Waals surface area contributed by atoms with Crippen molar-refractivity contribution in [2.45, 2.75) is 32.9 Å². The molecular formula is C16H25N5O2. The first kappa shape index (κ1) is 18.5. The summed E-state index contributed by atoms with van der Waals surface area (Å²) in [6.07, 6.45) is 0. The van der Waals surface area contributed by atoms with Crippen molar-refractivity contribution in [3.05, 3.63) is 35.4 Å². The highest BCUT2D eigenvalue weighted by Gasteiger charge is 2.13. The fraction of sp³-hybridized carbons (Fsp3) is 0.438. The van der Waals surface area contributed by atoms with Crippen LogP contribution in [0.3, 0.4) is 0 Å². The highest BCUT2D eigenvalue weighted by Crippen LogP contribution is 2.03. The number of nitrogens with zero attached hydrogens (tertiary/aromatic N) is 1. The molecule has 0 heterocycles. The SMILES string of the molecule is CN=C(NCC(=O)NC(C)(C)C)NCc1ccc(C(N)=O)cc1. The molecule has 0 atom stereocenters. The number of nitrogens with two attached hydrogens (primary N) is 1. The Bertz CT molecular complexity index is 573. The minimum absolute atomic E-state index is 0.105. The molecule has 0 bridgehead atoms. The van der Waals surface area contributed by atoms with E-state index in [0.29, 0.717) is 18.1 Å². The topological polar surface area (TPSA) is 109 Å². The molecule has 2 amide bonds. The minimum atomic E-state index is -0.452. The van der Waals surface area contributed by atoms with E-state index >= 15 is 0 Å². The van der Waals surface area contributed by atoms with Crippen LogP contribution in [0.2, 0.25) is 0 Å². The molecule has 23 heavy (non-hydrogen) atoms. The summed E-state index contributed by atoms with van der Waals surface area (Å²) in [4.78, 5) is 26.8. The molecular weight excluding hydrogens is 294 g/mol. The van der Waals surface area contributed by atoms with Crippen LogP contribution in [0, 0.1) is 0 Å². The zero-order valence-electron chi connectivity index (χ0n) is 14.1. The maximum atomic E-state index is 11.8. The number of carbonyl (C=O) groups excluding carboxylic acids is 2. The number of hydrogen-bond acceptors (Lipinski definition) is 3. The van der Waals surface area contributed by atoms with Crippen LogP contribution in [0.5, 0.6) is 0 Å². The van der Waals surface area contributed by atoms with Gasteiger partial charge in [-0.3, -0.25) is 14.6 Å². The molecule has 1 aromatic rings. The molecule has 0 saturated heterocycles. The highest BCUT2D eigenvalue weighted by atomic mass is 16.2. The van der Waals surface area contributed by atoms with Gasteiger partial charge in [0.25, 0.3) is 0 Å². The number of rotatable bonds is 5. The summed E-state index contributed by atoms with van der Waals surface area (Å²) in [6, 6.07) is 6.97. The van der Waals surface area contributed by atoms with Gasteiger partial charge in [0.2, 0.25) is 11.8 Å². The van der Waals surface area contributed by atoms with Crippen LogP contribution < -0.4 is 21.7 Å². The van der Waals surface area contributed by atoms with Crippen LogP contribution in [0.1, 0.15) is 36.7 Å². The van der Waals surface area contributed by atoms with Gasteiger partial charge in [0.15, 0.2) is 5.96 Å². The first-order valence-electron chi connectivity index (χ1n) is 7.35. The number of amides is 2. The van der Waals surface area contributed by atoms with Crippen molar-refractivity contribution >= 4 is 17.8 Å². The molecule has 0 radical (unpaired) electrons. The van der Waals surface area contributed by atoms with Gasteiger partial charge < -0.3 is 21.7 Å². The van der Waals surface area contributed by atoms with E-state index in [2.05, 4.69) is 20.9 Å². The van der Waals surface area contributed by atoms with Gasteiger partial charge in [-0.15, -0.1) is 0 Å². The molecule has 0 saturated carbocycles. The summed E-state index contributed by atoms with van der Waals surface area (Å²) >= 11 is 0. The van der Waals surface area contributed by atoms with E-state index in [1.54, 1.807) is 19.2 Å². The van der Waals surface area contributed by atoms with E-state index in [9.17, 15) is 9.59 Å². The van der Waals surface area contributed by atoms with E-state index in [-0.39, 0.29) is 18.0 Å². The van der Waals surface area contributed by atoms with Gasteiger partial charge in [-0.2, -0.15) is 0 Å². The van der Waals surface area contributed by atoms with Crippen molar-refractivity contribution < 1.29 is 9.59 Å². The fourth-order valence-corrected chi connectivity index (χ4v) is 1.82. The van der Waals surface area contributed by atoms with Crippen molar-refractivity contribution in [1.29, 1.82) is 0 Å². The predicted molar refractivity (Wildman–Crippen MR) is 91.1 cm³/mol. The number of hydrogen-bond donors (Lipinski definition) is 4. The van der Waals surface area contributed by atoms with Crippen LogP contribution in [0.25, 0.3) is 0 Å². The number of primary amides is 1. The Morgan fingerprint density at radius 2 is 1.74 bits per heavy atom. The smallest absolute Gasteiger partial charge is 0.248 e. The van der Waals surface area contributed by atoms with Gasteiger partial charge in [-0.25, -0.2) is 0 Å². The Balaban J connectivity index is 2.45. The van der Waals surface area contributed by atoms with Crippen LogP contribution >= 0.6 is 0 Å². The van der Waals surface area contributed by atoms with Crippen LogP contribution in [0.4, 0.5) is 0 Å². The second kappa shape index (κ2) is 8.17. The Kier molecular flexibility index (Phi) is 6.56. The molecule has 0 aliphatic carbocycles. The quantitative estimate of drug-likeness (QED) is 0.464. The van der Waals surface area contributed by atoms with Crippen molar-refractivity contribution in [2.24, 2.45) is 10.7 Å². The number of guanidine groups is 1. The Morgan fingerprint density at radius 1 is 1.13 bits per heavy atom. The first-order valence-corrected chi connectivity index (χ1v) is 7.35. The maximum Gasteiger partial charge on any atom is 0.248 e. The third-order valence-corrected chi connectivity index (χ3v) is 2.85. The Hall–Kier alpha value is -2.57. The normalized spacial score (nSPS) is 11.7. The summed E-state index contributed by atoms with van der Waals surface area (Å²) in [5, 5.41) is 8.90. The van der Waals surface area contributed by atoms with Gasteiger partial charge in [0, 0.05) is 24.7 Å². The molecule has 7 heteroatoms. The average molecular weight is 319 g/mol. The monoisotopic (exact) mass is 319 g/mol. The lowest BCUT2D eigenvalue weighted by Crippen LogP contribution is -2.48. The van der Waals surface area contributed by atoms with E-state index in [1.807, 2.05) is 32.9 Å². The van der Waals surface area contributed by atoms with Gasteiger partial charge in [0.05, 0.1) is 6.54 Å². The summed E-state index contributed by atoms with van der Waals surface area (Å²) < 4.78 is 0. The standard InChI is InChI=1S/C16H25N5O2/c1-16(2,3)21-13(22)10-20-15(18-4)19-9-11-5-7-12(8-6-11)14(17)23/h5-8H,9-10H2,1-4H3,(H2,17,23)(H,21,22)(H2,18,19,20). The molecule has 1 aromatic carbocycles. The van der Waals surface area contributed by atoms with E-state index in [4.69, 9.17) is 5.73 Å². The highest BCUT2D eigenvalue weighted by molar-refractivity contribution is 5.92. The Labute approximate surface area is 136 Å². The molecule has 0 spiro atoms. The molecule has 7 nitrogen and oxygen atoms in total. The second-order valence-electron chi connectivity index (χ2n) is 6.14. The lowest BCUT2D eigenvalue weighted by Gasteiger charge is -2.21. The van der Waals surface area contributed by atoms with Gasteiger partial charge in [-0.05, 0) is 38.5 Å². The molecule has 0 fully saturated rings. The van der Waals surface area contributed by atoms with Gasteiger partial charge in [-0.1, -0.05) is 12.1 Å². The molecule has 0 aliphatic rings. The molecule has 5 N–H and O–H groups in total. The van der Waals surface area contributed by atoms with Crippen molar-refractivity contribution in [3.8, 4) is 0 Å². The largest absolute Gasteiger partial charge is 0.366 e. The summed E-state index contributed by atoms with van der Waals surface area (Å²) in [5.74, 6) is -0.0360. The van der Waals surface area contributed by atoms with Gasteiger partial charge in [0.1, 0.15) is 0 Å². The van der Waals surface area contributed by atoms with Crippen molar-refractivity contribution in [1.82, 2.24) is 16.0 Å². The van der Waals surface area contributed by atoms with E-state index < -0.39 is 5.91 Å². The fourth-order valence-electron chi connectivity index (χ4n) is 1.82. The van der Waals surface area contributed by atoms with Crippen LogP contribution in [-0.4, -0.2) is 36.9 Å². The summed E-state index contributed by atoms with van der Waals surface area (Å²) in [7, 11) is 1.63. The lowest BCUT2D eigenvalue weighted by atomic mass is 10.1. The molecule has 126 valence electrons. The molecule has 0 unspecified atom stereocenters. The number of benzene rings is 1. The summed E-state index contributed by atoms with van der Waals surface area (Å²) in [6.45, 7) is 6.42. The average Bonchev–Trinajstić information content (AvgIpc) is 2.46. The lowest BCUT2D eigenvalue weighted by molar-refractivity contribution is -0.121. The second-order valence-corrected chi connectivity index (χ2v) is 6.14. The predicted octanol–water partition coefficient (Wildman–Crippen LogP) is 0.365. The minimum Gasteiger partial charge on any atom is -0.366 e. The van der Waals surface area contributed by atoms with E-state index in [1.165, 1.54) is 0 Å². The van der Waals surface area contributed by atoms with Crippen molar-refractivity contribution in [2.75, 3.05) is 13.6 Å². The first-order chi connectivity index (χ1) is 10.7. The molecule has 0 aromatic heterocycles. The zero-order valence-corrected chi connectivity index (χ0v) is 14.1. The van der Waals surface area contributed by atoms with Crippen LogP contribution in [-0.2, 0) is 11.3 Å². The summed E-state index contributed by atoms with van der Waals surface area (Å²) in [5.41, 5.74) is 6.37. The number of carbonyl (C=O) groups is 2. The third-order valence-electron chi connectivity index (χ3n) is 2.85. The molecule has 0 aliphatic heterocycles. The van der Waals surface area contributed by atoms with Crippen molar-refractivity contribution in [3.63, 3.8) is 0 Å². The zero-order chi connectivity index (χ0) is 17.5. The van der Waals surface area contributed by atoms with Gasteiger partial charge >= 0.3 is 0 Å².